The first-order valence-electron chi connectivity index (χ1n) is 20.9. The SMILES string of the molecule is CC(=O)OC1CO[C@@H]2C[C@H](O)[C@@]3(C)C(=O)[C@H](OC(C)=O)C4=C(C)[C@@H](OC(=O)[C@H](O)C(NC(=O)c5ccccc5)c5ccccc5)C[C@@](O)([C@@H](OC(=O)c5ccccc5)C13C2)C4(C)C. The van der Waals surface area contributed by atoms with Gasteiger partial charge < -0.3 is 44.3 Å². The molecule has 1 heterocycles. The number of hydrogen-bond donors (Lipinski definition) is 4. The highest BCUT2D eigenvalue weighted by atomic mass is 16.6. The van der Waals surface area contributed by atoms with Crippen molar-refractivity contribution in [2.45, 2.75) is 115 Å². The van der Waals surface area contributed by atoms with E-state index in [2.05, 4.69) is 5.32 Å². The summed E-state index contributed by atoms with van der Waals surface area (Å²) < 4.78 is 30.6. The third kappa shape index (κ3) is 7.64. The molecule has 2 saturated carbocycles. The summed E-state index contributed by atoms with van der Waals surface area (Å²) in [5.74, 6) is -5.27. The minimum atomic E-state index is -2.40. The lowest BCUT2D eigenvalue weighted by Gasteiger charge is -2.68. The Morgan fingerprint density at radius 1 is 0.794 bits per heavy atom. The quantitative estimate of drug-likeness (QED) is 0.128. The Bertz CT molecular complexity index is 2300. The number of benzene rings is 3. The standard InChI is InChI=1S/C48H53NO14/c1-26-33(62-43(57)38(53)37(29-16-10-7-11-17-29)49-41(55)30-18-12-8-13-19-30)24-48(58)44(63-42(56)31-20-14-9-15-21-31)47-23-32(59-25-35(47)60-27(2)50)22-34(52)46(47,6)40(54)39(61-28(3)51)36(26)45(48,4)5/h7-21,32-35,37-39,44,52-53,58H,22-25H2,1-6H3,(H,49,55)/t32-,33+,34+,35?,37?,38-,39-,44+,46+,47?,48-/m1/s1. The molecule has 1 amide bonds. The number of rotatable bonds is 10. The molecule has 3 unspecified atom stereocenters. The van der Waals surface area contributed by atoms with Gasteiger partial charge in [0.2, 0.25) is 0 Å². The predicted octanol–water partition coefficient (Wildman–Crippen LogP) is 4.13. The highest BCUT2D eigenvalue weighted by Crippen LogP contribution is 2.67. The van der Waals surface area contributed by atoms with Crippen LogP contribution in [0.1, 0.15) is 93.1 Å². The molecule has 3 aromatic rings. The van der Waals surface area contributed by atoms with Crippen molar-refractivity contribution in [3.63, 3.8) is 0 Å². The zero-order valence-corrected chi connectivity index (χ0v) is 35.9. The van der Waals surface area contributed by atoms with Gasteiger partial charge in [-0.05, 0) is 61.2 Å². The molecule has 3 aromatic carbocycles. The van der Waals surface area contributed by atoms with Gasteiger partial charge in [0, 0.05) is 37.7 Å². The van der Waals surface area contributed by atoms with Gasteiger partial charge in [0.05, 0.1) is 41.3 Å². The van der Waals surface area contributed by atoms with E-state index in [1.807, 2.05) is 0 Å². The summed E-state index contributed by atoms with van der Waals surface area (Å²) in [5.41, 5.74) is -7.25. The van der Waals surface area contributed by atoms with E-state index < -0.39 is 113 Å². The van der Waals surface area contributed by atoms with E-state index in [0.29, 0.717) is 5.56 Å². The fraction of sp³-hybridized carbons (Fsp3) is 0.458. The molecule has 3 aliphatic carbocycles. The predicted molar refractivity (Wildman–Crippen MR) is 222 cm³/mol. The zero-order chi connectivity index (χ0) is 45.6. The van der Waals surface area contributed by atoms with Crippen molar-refractivity contribution >= 4 is 35.6 Å². The van der Waals surface area contributed by atoms with Crippen LogP contribution in [0.25, 0.3) is 0 Å². The van der Waals surface area contributed by atoms with Crippen LogP contribution >= 0.6 is 0 Å². The van der Waals surface area contributed by atoms with E-state index >= 15 is 4.79 Å². The molecule has 4 bridgehead atoms. The van der Waals surface area contributed by atoms with Crippen molar-refractivity contribution < 1.29 is 67.8 Å². The zero-order valence-electron chi connectivity index (χ0n) is 35.9. The minimum Gasteiger partial charge on any atom is -0.459 e. The first-order chi connectivity index (χ1) is 29.8. The van der Waals surface area contributed by atoms with Crippen molar-refractivity contribution in [3.05, 3.63) is 119 Å². The van der Waals surface area contributed by atoms with Crippen LogP contribution in [0.5, 0.6) is 0 Å². The van der Waals surface area contributed by atoms with E-state index in [4.69, 9.17) is 23.7 Å². The fourth-order valence-corrected chi connectivity index (χ4v) is 10.6. The van der Waals surface area contributed by atoms with Crippen LogP contribution < -0.4 is 5.32 Å². The summed E-state index contributed by atoms with van der Waals surface area (Å²) >= 11 is 0. The van der Waals surface area contributed by atoms with Gasteiger partial charge >= 0.3 is 23.9 Å². The molecule has 63 heavy (non-hydrogen) atoms. The molecule has 1 aliphatic heterocycles. The number of esters is 4. The minimum absolute atomic E-state index is 0.00276. The van der Waals surface area contributed by atoms with Gasteiger partial charge in [0.25, 0.3) is 5.91 Å². The first kappa shape index (κ1) is 45.3. The summed E-state index contributed by atoms with van der Waals surface area (Å²) in [6.45, 7) is 8.04. The maximum absolute atomic E-state index is 15.7. The van der Waals surface area contributed by atoms with Gasteiger partial charge in [-0.25, -0.2) is 9.59 Å². The molecule has 7 rings (SSSR count). The van der Waals surface area contributed by atoms with Crippen LogP contribution in [0, 0.1) is 16.2 Å². The first-order valence-corrected chi connectivity index (χ1v) is 20.9. The molecular formula is C48H53NO14. The van der Waals surface area contributed by atoms with Crippen molar-refractivity contribution in [3.8, 4) is 0 Å². The highest BCUT2D eigenvalue weighted by molar-refractivity contribution is 5.96. The van der Waals surface area contributed by atoms with Crippen molar-refractivity contribution in [1.82, 2.24) is 5.32 Å². The number of ether oxygens (including phenoxy) is 5. The second-order valence-corrected chi connectivity index (χ2v) is 17.7. The van der Waals surface area contributed by atoms with Crippen molar-refractivity contribution in [2.75, 3.05) is 6.61 Å². The van der Waals surface area contributed by atoms with Crippen LogP contribution in [0.3, 0.4) is 0 Å². The molecule has 4 aliphatic rings. The van der Waals surface area contributed by atoms with Gasteiger partial charge in [-0.1, -0.05) is 80.6 Å². The molecule has 11 atom stereocenters. The average molecular weight is 868 g/mol. The van der Waals surface area contributed by atoms with E-state index in [0.717, 1.165) is 13.8 Å². The summed E-state index contributed by atoms with van der Waals surface area (Å²) in [7, 11) is 0. The van der Waals surface area contributed by atoms with Gasteiger partial charge in [-0.15, -0.1) is 0 Å². The third-order valence-electron chi connectivity index (χ3n) is 13.9. The number of aliphatic hydroxyl groups is 3. The summed E-state index contributed by atoms with van der Waals surface area (Å²) in [6, 6.07) is 23.0. The topological polar surface area (TPSA) is 221 Å². The number of amides is 1. The number of carbonyl (C=O) groups excluding carboxylic acids is 6. The third-order valence-corrected chi connectivity index (χ3v) is 13.9. The van der Waals surface area contributed by atoms with Crippen molar-refractivity contribution in [1.29, 1.82) is 0 Å². The Morgan fingerprint density at radius 3 is 1.95 bits per heavy atom. The van der Waals surface area contributed by atoms with E-state index in [1.165, 1.54) is 26.0 Å². The molecule has 15 nitrogen and oxygen atoms in total. The number of Topliss-reactive ketones (excluding diaryl/α,β-unsaturated/α-hetero) is 1. The molecule has 1 spiro atoms. The number of carbonyl (C=O) groups is 6. The van der Waals surface area contributed by atoms with Gasteiger partial charge in [0.1, 0.15) is 23.9 Å². The number of nitrogens with one attached hydrogen (secondary N) is 1. The van der Waals surface area contributed by atoms with E-state index in [-0.39, 0.29) is 41.7 Å². The van der Waals surface area contributed by atoms with Crippen LogP contribution in [-0.4, -0.2) is 106 Å². The van der Waals surface area contributed by atoms with E-state index in [1.54, 1.807) is 92.7 Å². The van der Waals surface area contributed by atoms with Gasteiger partial charge in [-0.2, -0.15) is 0 Å². The average Bonchev–Trinajstić information content (AvgIpc) is 3.25. The number of ketones is 1. The van der Waals surface area contributed by atoms with Crippen LogP contribution in [0.4, 0.5) is 0 Å². The van der Waals surface area contributed by atoms with Crippen LogP contribution in [0.2, 0.25) is 0 Å². The maximum Gasteiger partial charge on any atom is 0.338 e. The number of hydrogen-bond acceptors (Lipinski definition) is 14. The largest absolute Gasteiger partial charge is 0.459 e. The monoisotopic (exact) mass is 867 g/mol. The van der Waals surface area contributed by atoms with E-state index in [9.17, 15) is 39.3 Å². The van der Waals surface area contributed by atoms with Crippen molar-refractivity contribution in [2.24, 2.45) is 16.2 Å². The lowest BCUT2D eigenvalue weighted by Crippen LogP contribution is -2.80. The molecule has 4 N–H and O–H groups in total. The number of fused-ring (bicyclic) bond motifs is 3. The molecule has 1 saturated heterocycles. The smallest absolute Gasteiger partial charge is 0.338 e. The highest BCUT2D eigenvalue weighted by Gasteiger charge is 2.79. The molecular weight excluding hydrogens is 815 g/mol. The molecule has 334 valence electrons. The van der Waals surface area contributed by atoms with Crippen LogP contribution in [0.15, 0.2) is 102 Å². The Balaban J connectivity index is 1.41. The Hall–Kier alpha value is -5.74. The molecule has 15 heteroatoms. The maximum atomic E-state index is 15.7. The lowest BCUT2D eigenvalue weighted by atomic mass is 9.40. The fourth-order valence-electron chi connectivity index (χ4n) is 10.6. The summed E-state index contributed by atoms with van der Waals surface area (Å²) in [4.78, 5) is 84.0. The summed E-state index contributed by atoms with van der Waals surface area (Å²) in [6.07, 6.45) is -11.8. The van der Waals surface area contributed by atoms with Gasteiger partial charge in [-0.3, -0.25) is 19.2 Å². The Labute approximate surface area is 364 Å². The normalized spacial score (nSPS) is 31.7. The number of aliphatic hydroxyl groups excluding tert-OH is 2. The molecule has 3 fully saturated rings. The molecule has 0 radical (unpaired) electrons. The van der Waals surface area contributed by atoms with Gasteiger partial charge in [0.15, 0.2) is 18.0 Å². The second-order valence-electron chi connectivity index (χ2n) is 17.7. The molecule has 0 aromatic heterocycles. The Kier molecular flexibility index (Phi) is 12.3. The Morgan fingerprint density at radius 2 is 1.37 bits per heavy atom. The van der Waals surface area contributed by atoms with Crippen LogP contribution in [-0.2, 0) is 42.9 Å². The summed E-state index contributed by atoms with van der Waals surface area (Å²) in [5, 5.41) is 40.7. The second kappa shape index (κ2) is 17.1. The lowest BCUT2D eigenvalue weighted by molar-refractivity contribution is -0.313.